The molecule has 0 saturated carbocycles. The van der Waals surface area contributed by atoms with Crippen molar-refractivity contribution in [1.29, 1.82) is 0 Å². The predicted octanol–water partition coefficient (Wildman–Crippen LogP) is 2.02. The highest BCUT2D eigenvalue weighted by molar-refractivity contribution is 5.97. The predicted molar refractivity (Wildman–Crippen MR) is 91.9 cm³/mol. The molecule has 3 aromatic rings. The highest BCUT2D eigenvalue weighted by atomic mass is 16.6. The maximum atomic E-state index is 12.4. The molecule has 0 fully saturated rings. The van der Waals surface area contributed by atoms with Crippen molar-refractivity contribution in [3.05, 3.63) is 48.0 Å². The quantitative estimate of drug-likeness (QED) is 0.787. The summed E-state index contributed by atoms with van der Waals surface area (Å²) in [6, 6.07) is 12.9. The van der Waals surface area contributed by atoms with Crippen LogP contribution in [-0.4, -0.2) is 40.2 Å². The zero-order chi connectivity index (χ0) is 17.2. The van der Waals surface area contributed by atoms with Gasteiger partial charge in [0.15, 0.2) is 11.5 Å². The van der Waals surface area contributed by atoms with Crippen LogP contribution in [0.3, 0.4) is 0 Å². The minimum Gasteiger partial charge on any atom is -0.486 e. The highest BCUT2D eigenvalue weighted by Gasteiger charge is 2.21. The molecule has 25 heavy (non-hydrogen) atoms. The average Bonchev–Trinajstić information content (AvgIpc) is 3.08. The summed E-state index contributed by atoms with van der Waals surface area (Å²) in [4.78, 5) is 12.4. The molecule has 0 aliphatic carbocycles. The van der Waals surface area contributed by atoms with E-state index in [-0.39, 0.29) is 12.0 Å². The molecule has 1 aliphatic rings. The van der Waals surface area contributed by atoms with Gasteiger partial charge in [0.1, 0.15) is 18.2 Å². The Morgan fingerprint density at radius 2 is 2.12 bits per heavy atom. The second kappa shape index (κ2) is 6.43. The third-order valence-electron chi connectivity index (χ3n) is 4.13. The standard InChI is InChI=1S/C18H18N4O3/c1-2-22-15-8-7-12(9-14(15)20-21-22)18(23)19-10-13-11-24-16-5-3-4-6-17(16)25-13/h3-9,13H,2,10-11H2,1H3,(H,19,23). The molecule has 7 heteroatoms. The third-order valence-corrected chi connectivity index (χ3v) is 4.13. The second-order valence-electron chi connectivity index (χ2n) is 5.82. The Kier molecular flexibility index (Phi) is 3.97. The number of carbonyl (C=O) groups excluding carboxylic acids is 1. The lowest BCUT2D eigenvalue weighted by atomic mass is 10.2. The summed E-state index contributed by atoms with van der Waals surface area (Å²) in [5.41, 5.74) is 2.17. The van der Waals surface area contributed by atoms with E-state index in [0.29, 0.717) is 30.0 Å². The Morgan fingerprint density at radius 1 is 1.28 bits per heavy atom. The van der Waals surface area contributed by atoms with E-state index < -0.39 is 0 Å². The second-order valence-corrected chi connectivity index (χ2v) is 5.82. The molecule has 0 radical (unpaired) electrons. The molecule has 0 bridgehead atoms. The van der Waals surface area contributed by atoms with Gasteiger partial charge in [0.2, 0.25) is 0 Å². The maximum Gasteiger partial charge on any atom is 0.251 e. The van der Waals surface area contributed by atoms with Gasteiger partial charge >= 0.3 is 0 Å². The summed E-state index contributed by atoms with van der Waals surface area (Å²) in [6.45, 7) is 3.51. The van der Waals surface area contributed by atoms with Crippen LogP contribution in [0.2, 0.25) is 0 Å². The van der Waals surface area contributed by atoms with Gasteiger partial charge in [-0.1, -0.05) is 17.3 Å². The van der Waals surface area contributed by atoms with E-state index in [1.165, 1.54) is 0 Å². The maximum absolute atomic E-state index is 12.4. The fourth-order valence-electron chi connectivity index (χ4n) is 2.82. The lowest BCUT2D eigenvalue weighted by Crippen LogP contribution is -2.40. The van der Waals surface area contributed by atoms with Gasteiger partial charge in [-0.3, -0.25) is 4.79 Å². The van der Waals surface area contributed by atoms with Crippen LogP contribution in [0.25, 0.3) is 11.0 Å². The molecule has 1 unspecified atom stereocenters. The Bertz CT molecular complexity index is 922. The topological polar surface area (TPSA) is 78.3 Å². The average molecular weight is 338 g/mol. The first-order valence-corrected chi connectivity index (χ1v) is 8.24. The number of amides is 1. The van der Waals surface area contributed by atoms with Crippen LogP contribution < -0.4 is 14.8 Å². The van der Waals surface area contributed by atoms with Crippen molar-refractivity contribution in [2.45, 2.75) is 19.6 Å². The van der Waals surface area contributed by atoms with Gasteiger partial charge in [-0.05, 0) is 37.3 Å². The molecule has 7 nitrogen and oxygen atoms in total. The van der Waals surface area contributed by atoms with Gasteiger partial charge in [-0.2, -0.15) is 0 Å². The Hall–Kier alpha value is -3.09. The highest BCUT2D eigenvalue weighted by Crippen LogP contribution is 2.30. The van der Waals surface area contributed by atoms with Crippen LogP contribution >= 0.6 is 0 Å². The molecule has 1 amide bonds. The van der Waals surface area contributed by atoms with Gasteiger partial charge in [0.05, 0.1) is 12.1 Å². The van der Waals surface area contributed by atoms with Crippen molar-refractivity contribution < 1.29 is 14.3 Å². The summed E-state index contributed by atoms with van der Waals surface area (Å²) < 4.78 is 13.3. The number of para-hydroxylation sites is 2. The van der Waals surface area contributed by atoms with Gasteiger partial charge < -0.3 is 14.8 Å². The van der Waals surface area contributed by atoms with E-state index in [0.717, 1.165) is 17.8 Å². The van der Waals surface area contributed by atoms with Crippen LogP contribution in [0, 0.1) is 0 Å². The van der Waals surface area contributed by atoms with E-state index in [4.69, 9.17) is 9.47 Å². The molecule has 2 aromatic carbocycles. The number of hydrogen-bond donors (Lipinski definition) is 1. The van der Waals surface area contributed by atoms with Gasteiger partial charge in [-0.25, -0.2) is 4.68 Å². The summed E-state index contributed by atoms with van der Waals surface area (Å²) in [5, 5.41) is 11.0. The van der Waals surface area contributed by atoms with Gasteiger partial charge in [0.25, 0.3) is 5.91 Å². The molecule has 1 N–H and O–H groups in total. The molecule has 1 aliphatic heterocycles. The molecule has 4 rings (SSSR count). The molecular formula is C18H18N4O3. The fraction of sp³-hybridized carbons (Fsp3) is 0.278. The third kappa shape index (κ3) is 3.00. The van der Waals surface area contributed by atoms with Crippen molar-refractivity contribution in [2.75, 3.05) is 13.2 Å². The molecular weight excluding hydrogens is 320 g/mol. The number of fused-ring (bicyclic) bond motifs is 2. The van der Waals surface area contributed by atoms with Crippen LogP contribution in [0.5, 0.6) is 11.5 Å². The SMILES string of the molecule is CCn1nnc2cc(C(=O)NCC3COc4ccccc4O3)ccc21. The number of rotatable bonds is 4. The zero-order valence-corrected chi connectivity index (χ0v) is 13.8. The fourth-order valence-corrected chi connectivity index (χ4v) is 2.82. The van der Waals surface area contributed by atoms with Crippen LogP contribution in [0.15, 0.2) is 42.5 Å². The summed E-state index contributed by atoms with van der Waals surface area (Å²) in [5.74, 6) is 1.26. The molecule has 2 heterocycles. The number of hydrogen-bond acceptors (Lipinski definition) is 5. The van der Waals surface area contributed by atoms with E-state index >= 15 is 0 Å². The molecule has 0 spiro atoms. The van der Waals surface area contributed by atoms with Crippen LogP contribution in [-0.2, 0) is 6.54 Å². The van der Waals surface area contributed by atoms with Crippen molar-refractivity contribution in [1.82, 2.24) is 20.3 Å². The molecule has 1 aromatic heterocycles. The summed E-state index contributed by atoms with van der Waals surface area (Å²) in [7, 11) is 0. The number of aryl methyl sites for hydroxylation is 1. The van der Waals surface area contributed by atoms with E-state index in [2.05, 4.69) is 15.6 Å². The lowest BCUT2D eigenvalue weighted by molar-refractivity contribution is 0.0789. The van der Waals surface area contributed by atoms with E-state index in [1.807, 2.05) is 37.3 Å². The van der Waals surface area contributed by atoms with Crippen molar-refractivity contribution in [3.8, 4) is 11.5 Å². The Labute approximate surface area is 144 Å². The van der Waals surface area contributed by atoms with Crippen molar-refractivity contribution >= 4 is 16.9 Å². The number of ether oxygens (including phenoxy) is 2. The number of carbonyl (C=O) groups is 1. The summed E-state index contributed by atoms with van der Waals surface area (Å²) in [6.07, 6.45) is -0.219. The van der Waals surface area contributed by atoms with Gasteiger partial charge in [0, 0.05) is 12.1 Å². The first-order chi connectivity index (χ1) is 12.2. The smallest absolute Gasteiger partial charge is 0.251 e. The van der Waals surface area contributed by atoms with Gasteiger partial charge in [-0.15, -0.1) is 5.10 Å². The molecule has 128 valence electrons. The Morgan fingerprint density at radius 3 is 2.96 bits per heavy atom. The number of benzene rings is 2. The Balaban J connectivity index is 1.41. The minimum atomic E-state index is -0.219. The van der Waals surface area contributed by atoms with E-state index in [1.54, 1.807) is 16.8 Å². The minimum absolute atomic E-state index is 0.171. The summed E-state index contributed by atoms with van der Waals surface area (Å²) >= 11 is 0. The van der Waals surface area contributed by atoms with Crippen LogP contribution in [0.1, 0.15) is 17.3 Å². The lowest BCUT2D eigenvalue weighted by Gasteiger charge is -2.26. The number of nitrogens with zero attached hydrogens (tertiary/aromatic N) is 3. The normalized spacial score (nSPS) is 16.0. The van der Waals surface area contributed by atoms with E-state index in [9.17, 15) is 4.79 Å². The number of aromatic nitrogens is 3. The number of nitrogens with one attached hydrogen (secondary N) is 1. The first-order valence-electron chi connectivity index (χ1n) is 8.24. The zero-order valence-electron chi connectivity index (χ0n) is 13.8. The molecule has 1 atom stereocenters. The van der Waals surface area contributed by atoms with Crippen LogP contribution in [0.4, 0.5) is 0 Å². The van der Waals surface area contributed by atoms with Crippen molar-refractivity contribution in [2.24, 2.45) is 0 Å². The monoisotopic (exact) mass is 338 g/mol. The largest absolute Gasteiger partial charge is 0.486 e. The van der Waals surface area contributed by atoms with Crippen molar-refractivity contribution in [3.63, 3.8) is 0 Å². The first kappa shape index (κ1) is 15.4. The molecule has 0 saturated heterocycles.